The second-order valence-electron chi connectivity index (χ2n) is 6.66. The fourth-order valence-electron chi connectivity index (χ4n) is 3.11. The van der Waals surface area contributed by atoms with E-state index < -0.39 is 0 Å². The molecule has 0 unspecified atom stereocenters. The molecule has 1 aliphatic rings. The highest BCUT2D eigenvalue weighted by Gasteiger charge is 2.27. The van der Waals surface area contributed by atoms with E-state index in [2.05, 4.69) is 10.6 Å². The van der Waals surface area contributed by atoms with Crippen molar-refractivity contribution < 1.29 is 14.7 Å². The summed E-state index contributed by atoms with van der Waals surface area (Å²) in [5.74, 6) is -0.450. The van der Waals surface area contributed by atoms with E-state index in [0.717, 1.165) is 5.56 Å². The number of phenols is 1. The molecule has 0 aliphatic carbocycles. The number of nitrogens with zero attached hydrogens (tertiary/aromatic N) is 1. The van der Waals surface area contributed by atoms with Crippen LogP contribution in [0.3, 0.4) is 0 Å². The minimum Gasteiger partial charge on any atom is -0.506 e. The monoisotopic (exact) mass is 421 g/mol. The Morgan fingerprint density at radius 3 is 2.54 bits per heavy atom. The largest absolute Gasteiger partial charge is 0.506 e. The molecule has 0 spiro atoms. The molecule has 28 heavy (non-hydrogen) atoms. The van der Waals surface area contributed by atoms with E-state index in [4.69, 9.17) is 23.2 Å². The first-order valence-electron chi connectivity index (χ1n) is 8.99. The predicted molar refractivity (Wildman–Crippen MR) is 110 cm³/mol. The summed E-state index contributed by atoms with van der Waals surface area (Å²) in [6.45, 7) is 1.31. The highest BCUT2D eigenvalue weighted by molar-refractivity contribution is 6.31. The number of phenolic OH excluding ortho intramolecular Hbond substituents is 1. The number of hydrogen-bond donors (Lipinski definition) is 3. The molecule has 0 bridgehead atoms. The Morgan fingerprint density at radius 2 is 1.82 bits per heavy atom. The summed E-state index contributed by atoms with van der Waals surface area (Å²) in [6.07, 6.45) is 1.10. The number of aromatic hydroxyl groups is 1. The third-order valence-electron chi connectivity index (χ3n) is 4.76. The fourth-order valence-corrected chi connectivity index (χ4v) is 3.49. The molecule has 0 atom stereocenters. The first kappa shape index (κ1) is 20.3. The first-order chi connectivity index (χ1) is 13.4. The molecule has 0 saturated carbocycles. The van der Waals surface area contributed by atoms with Crippen LogP contribution in [0.1, 0.15) is 18.4 Å². The molecule has 3 rings (SSSR count). The third-order valence-corrected chi connectivity index (χ3v) is 5.36. The summed E-state index contributed by atoms with van der Waals surface area (Å²) in [4.78, 5) is 26.5. The SMILES string of the molecule is O=C(Nc1cc(Cl)ccc1O)C1CCN(C(=O)NCc2ccccc2Cl)CC1. The van der Waals surface area contributed by atoms with Gasteiger partial charge >= 0.3 is 6.03 Å². The lowest BCUT2D eigenvalue weighted by molar-refractivity contribution is -0.121. The van der Waals surface area contributed by atoms with E-state index in [0.29, 0.717) is 42.5 Å². The summed E-state index contributed by atoms with van der Waals surface area (Å²) in [6, 6.07) is 11.7. The Labute approximate surface area is 173 Å². The number of anilines is 1. The Balaban J connectivity index is 1.48. The number of amides is 3. The number of likely N-dealkylation sites (tertiary alicyclic amines) is 1. The van der Waals surface area contributed by atoms with Gasteiger partial charge in [-0.15, -0.1) is 0 Å². The molecule has 1 fully saturated rings. The average molecular weight is 422 g/mol. The number of rotatable bonds is 4. The van der Waals surface area contributed by atoms with Gasteiger partial charge in [-0.05, 0) is 42.7 Å². The summed E-state index contributed by atoms with van der Waals surface area (Å²) in [5.41, 5.74) is 1.14. The normalized spacial score (nSPS) is 14.6. The number of benzene rings is 2. The molecule has 0 radical (unpaired) electrons. The number of urea groups is 1. The standard InChI is InChI=1S/C20H21Cl2N3O3/c21-15-5-6-18(26)17(11-15)24-19(27)13-7-9-25(10-8-13)20(28)23-12-14-3-1-2-4-16(14)22/h1-6,11,13,26H,7-10,12H2,(H,23,28)(H,24,27). The zero-order chi connectivity index (χ0) is 20.1. The Kier molecular flexibility index (Phi) is 6.65. The van der Waals surface area contributed by atoms with Crippen LogP contribution in [0.2, 0.25) is 10.0 Å². The van der Waals surface area contributed by atoms with Crippen molar-refractivity contribution in [1.82, 2.24) is 10.2 Å². The van der Waals surface area contributed by atoms with Gasteiger partial charge in [-0.1, -0.05) is 41.4 Å². The van der Waals surface area contributed by atoms with Crippen molar-refractivity contribution in [2.75, 3.05) is 18.4 Å². The van der Waals surface area contributed by atoms with Crippen molar-refractivity contribution in [3.63, 3.8) is 0 Å². The van der Waals surface area contributed by atoms with Gasteiger partial charge < -0.3 is 20.6 Å². The summed E-state index contributed by atoms with van der Waals surface area (Å²) in [7, 11) is 0. The second-order valence-corrected chi connectivity index (χ2v) is 7.51. The number of halogens is 2. The van der Waals surface area contributed by atoms with E-state index in [1.807, 2.05) is 18.2 Å². The van der Waals surface area contributed by atoms with Crippen molar-refractivity contribution >= 4 is 40.8 Å². The van der Waals surface area contributed by atoms with E-state index >= 15 is 0 Å². The molecule has 0 aromatic heterocycles. The number of piperidine rings is 1. The Hall–Kier alpha value is -2.44. The van der Waals surface area contributed by atoms with E-state index in [1.165, 1.54) is 12.1 Å². The van der Waals surface area contributed by atoms with Crippen molar-refractivity contribution in [2.24, 2.45) is 5.92 Å². The molecule has 3 N–H and O–H groups in total. The zero-order valence-corrected chi connectivity index (χ0v) is 16.6. The van der Waals surface area contributed by atoms with Crippen LogP contribution in [-0.4, -0.2) is 35.0 Å². The van der Waals surface area contributed by atoms with Gasteiger partial charge in [-0.2, -0.15) is 0 Å². The van der Waals surface area contributed by atoms with Gasteiger partial charge in [0.15, 0.2) is 0 Å². The minimum atomic E-state index is -0.231. The van der Waals surface area contributed by atoms with Crippen LogP contribution in [0.4, 0.5) is 10.5 Å². The molecular formula is C20H21Cl2N3O3. The maximum Gasteiger partial charge on any atom is 0.317 e. The molecule has 2 aromatic carbocycles. The highest BCUT2D eigenvalue weighted by atomic mass is 35.5. The van der Waals surface area contributed by atoms with Crippen molar-refractivity contribution in [2.45, 2.75) is 19.4 Å². The average Bonchev–Trinajstić information content (AvgIpc) is 2.70. The van der Waals surface area contributed by atoms with Crippen LogP contribution in [0, 0.1) is 5.92 Å². The maximum absolute atomic E-state index is 12.5. The number of carbonyl (C=O) groups excluding carboxylic acids is 2. The lowest BCUT2D eigenvalue weighted by atomic mass is 9.96. The Bertz CT molecular complexity index is 868. The van der Waals surface area contributed by atoms with E-state index in [-0.39, 0.29) is 29.3 Å². The van der Waals surface area contributed by atoms with Gasteiger partial charge in [-0.3, -0.25) is 4.79 Å². The first-order valence-corrected chi connectivity index (χ1v) is 9.75. The second kappa shape index (κ2) is 9.17. The molecular weight excluding hydrogens is 401 g/mol. The number of carbonyl (C=O) groups is 2. The smallest absolute Gasteiger partial charge is 0.317 e. The van der Waals surface area contributed by atoms with Gasteiger partial charge in [0.1, 0.15) is 5.75 Å². The highest BCUT2D eigenvalue weighted by Crippen LogP contribution is 2.28. The third kappa shape index (κ3) is 5.09. The maximum atomic E-state index is 12.5. The fraction of sp³-hybridized carbons (Fsp3) is 0.300. The van der Waals surface area contributed by atoms with Crippen LogP contribution in [0.15, 0.2) is 42.5 Å². The molecule has 3 amide bonds. The number of nitrogens with one attached hydrogen (secondary N) is 2. The van der Waals surface area contributed by atoms with Gasteiger partial charge in [0.2, 0.25) is 5.91 Å². The predicted octanol–water partition coefficient (Wildman–Crippen LogP) is 4.26. The van der Waals surface area contributed by atoms with Gasteiger partial charge in [-0.25, -0.2) is 4.79 Å². The van der Waals surface area contributed by atoms with Gasteiger partial charge in [0.25, 0.3) is 0 Å². The lowest BCUT2D eigenvalue weighted by Gasteiger charge is -2.31. The lowest BCUT2D eigenvalue weighted by Crippen LogP contribution is -2.45. The quantitative estimate of drug-likeness (QED) is 0.644. The summed E-state index contributed by atoms with van der Waals surface area (Å²) in [5, 5.41) is 16.4. The van der Waals surface area contributed by atoms with Crippen molar-refractivity contribution in [1.29, 1.82) is 0 Å². The zero-order valence-electron chi connectivity index (χ0n) is 15.1. The summed E-state index contributed by atoms with van der Waals surface area (Å²) < 4.78 is 0. The molecule has 8 heteroatoms. The molecule has 148 valence electrons. The van der Waals surface area contributed by atoms with E-state index in [1.54, 1.807) is 17.0 Å². The van der Waals surface area contributed by atoms with Crippen LogP contribution in [-0.2, 0) is 11.3 Å². The molecule has 1 saturated heterocycles. The van der Waals surface area contributed by atoms with Crippen LogP contribution in [0.5, 0.6) is 5.75 Å². The summed E-state index contributed by atoms with van der Waals surface area (Å²) >= 11 is 12.0. The van der Waals surface area contributed by atoms with Crippen molar-refractivity contribution in [3.05, 3.63) is 58.1 Å². The molecule has 1 aliphatic heterocycles. The molecule has 2 aromatic rings. The van der Waals surface area contributed by atoms with Crippen molar-refractivity contribution in [3.8, 4) is 5.75 Å². The molecule has 6 nitrogen and oxygen atoms in total. The van der Waals surface area contributed by atoms with Gasteiger partial charge in [0.05, 0.1) is 5.69 Å². The molecule has 1 heterocycles. The van der Waals surface area contributed by atoms with Gasteiger partial charge in [0, 0.05) is 35.6 Å². The topological polar surface area (TPSA) is 81.7 Å². The van der Waals surface area contributed by atoms with Crippen LogP contribution >= 0.6 is 23.2 Å². The Morgan fingerprint density at radius 1 is 1.11 bits per heavy atom. The van der Waals surface area contributed by atoms with Crippen LogP contribution in [0.25, 0.3) is 0 Å². The number of hydrogen-bond acceptors (Lipinski definition) is 3. The van der Waals surface area contributed by atoms with E-state index in [9.17, 15) is 14.7 Å². The van der Waals surface area contributed by atoms with Crippen LogP contribution < -0.4 is 10.6 Å². The minimum absolute atomic E-state index is 0.0332.